The molecule has 5 nitrogen and oxygen atoms in total. The van der Waals surface area contributed by atoms with Crippen molar-refractivity contribution in [3.63, 3.8) is 0 Å². The molecule has 2 rings (SSSR count). The average Bonchev–Trinajstić information content (AvgIpc) is 2.77. The van der Waals surface area contributed by atoms with Gasteiger partial charge in [0.05, 0.1) is 4.91 Å². The Hall–Kier alpha value is -2.08. The lowest BCUT2D eigenvalue weighted by molar-refractivity contribution is -0.124. The minimum Gasteiger partial charge on any atom is -0.354 e. The predicted octanol–water partition coefficient (Wildman–Crippen LogP) is 2.95. The maximum absolute atomic E-state index is 12.3. The van der Waals surface area contributed by atoms with Crippen LogP contribution < -0.4 is 5.32 Å². The Kier molecular flexibility index (Phi) is 5.98. The van der Waals surface area contributed by atoms with E-state index in [9.17, 15) is 14.4 Å². The third-order valence-electron chi connectivity index (χ3n) is 3.38. The van der Waals surface area contributed by atoms with Crippen molar-refractivity contribution < 1.29 is 14.4 Å². The normalized spacial score (nSPS) is 16.3. The number of carbonyl (C=O) groups excluding carboxylic acids is 3. The molecule has 1 saturated heterocycles. The first-order valence-corrected chi connectivity index (χ1v) is 8.41. The summed E-state index contributed by atoms with van der Waals surface area (Å²) in [5.41, 5.74) is 2.02. The van der Waals surface area contributed by atoms with Crippen LogP contribution in [0.5, 0.6) is 0 Å². The van der Waals surface area contributed by atoms with Crippen LogP contribution >= 0.6 is 11.8 Å². The van der Waals surface area contributed by atoms with Crippen molar-refractivity contribution in [3.05, 3.63) is 40.3 Å². The fraction of sp³-hybridized carbons (Fsp3) is 0.353. The van der Waals surface area contributed by atoms with E-state index in [1.165, 1.54) is 4.90 Å². The largest absolute Gasteiger partial charge is 0.354 e. The number of nitrogens with zero attached hydrogens (tertiary/aromatic N) is 1. The molecule has 3 amide bonds. The van der Waals surface area contributed by atoms with E-state index in [2.05, 4.69) is 5.32 Å². The molecular weight excluding hydrogens is 312 g/mol. The van der Waals surface area contributed by atoms with Crippen molar-refractivity contribution in [2.24, 2.45) is 0 Å². The summed E-state index contributed by atoms with van der Waals surface area (Å²) in [4.78, 5) is 37.2. The third kappa shape index (κ3) is 4.69. The van der Waals surface area contributed by atoms with Gasteiger partial charge in [-0.1, -0.05) is 36.8 Å². The fourth-order valence-electron chi connectivity index (χ4n) is 2.13. The zero-order valence-electron chi connectivity index (χ0n) is 13.3. The van der Waals surface area contributed by atoms with Crippen molar-refractivity contribution in [3.8, 4) is 0 Å². The lowest BCUT2D eigenvalue weighted by Crippen LogP contribution is -2.37. The van der Waals surface area contributed by atoms with Crippen LogP contribution in [0.15, 0.2) is 29.2 Å². The van der Waals surface area contributed by atoms with Crippen LogP contribution in [-0.4, -0.2) is 35.0 Å². The van der Waals surface area contributed by atoms with Gasteiger partial charge in [0, 0.05) is 19.5 Å². The molecule has 1 N–H and O–H groups in total. The number of nitrogens with one attached hydrogen (secondary N) is 1. The van der Waals surface area contributed by atoms with Gasteiger partial charge in [-0.25, -0.2) is 0 Å². The summed E-state index contributed by atoms with van der Waals surface area (Å²) in [6, 6.07) is 7.74. The summed E-state index contributed by atoms with van der Waals surface area (Å²) in [5.74, 6) is -0.361. The minimum absolute atomic E-state index is 0.0605. The first-order valence-electron chi connectivity index (χ1n) is 7.60. The highest BCUT2D eigenvalue weighted by Gasteiger charge is 2.34. The zero-order chi connectivity index (χ0) is 16.8. The van der Waals surface area contributed by atoms with Crippen LogP contribution in [0, 0.1) is 6.92 Å². The second kappa shape index (κ2) is 7.97. The van der Waals surface area contributed by atoms with Gasteiger partial charge in [0.2, 0.25) is 5.91 Å². The molecule has 0 saturated carbocycles. The molecule has 122 valence electrons. The number of rotatable bonds is 6. The molecular formula is C17H20N2O3S. The maximum Gasteiger partial charge on any atom is 0.293 e. The maximum atomic E-state index is 12.3. The van der Waals surface area contributed by atoms with E-state index in [-0.39, 0.29) is 30.1 Å². The summed E-state index contributed by atoms with van der Waals surface area (Å²) in [7, 11) is 0. The quantitative estimate of drug-likeness (QED) is 0.813. The van der Waals surface area contributed by atoms with Gasteiger partial charge in [-0.05, 0) is 36.7 Å². The fourth-order valence-corrected chi connectivity index (χ4v) is 2.99. The van der Waals surface area contributed by atoms with Gasteiger partial charge in [-0.2, -0.15) is 0 Å². The Balaban J connectivity index is 1.96. The van der Waals surface area contributed by atoms with Crippen molar-refractivity contribution >= 4 is 34.9 Å². The monoisotopic (exact) mass is 332 g/mol. The SMILES string of the molecule is CCCC(=O)NCCN1C(=O)SC(=Cc2ccc(C)cc2)C1=O. The zero-order valence-corrected chi connectivity index (χ0v) is 14.1. The lowest BCUT2D eigenvalue weighted by Gasteiger charge is -2.12. The molecule has 0 radical (unpaired) electrons. The van der Waals surface area contributed by atoms with Crippen molar-refractivity contribution in [2.45, 2.75) is 26.7 Å². The molecule has 23 heavy (non-hydrogen) atoms. The summed E-state index contributed by atoms with van der Waals surface area (Å²) in [6.07, 6.45) is 2.95. The van der Waals surface area contributed by atoms with Gasteiger partial charge in [0.15, 0.2) is 0 Å². The minimum atomic E-state index is -0.301. The smallest absolute Gasteiger partial charge is 0.293 e. The van der Waals surface area contributed by atoms with Gasteiger partial charge in [-0.15, -0.1) is 0 Å². The standard InChI is InChI=1S/C17H20N2O3S/c1-3-4-15(20)18-9-10-19-16(21)14(23-17(19)22)11-13-7-5-12(2)6-8-13/h5-8,11H,3-4,9-10H2,1-2H3,(H,18,20). The topological polar surface area (TPSA) is 66.5 Å². The second-order valence-electron chi connectivity index (χ2n) is 5.34. The van der Waals surface area contributed by atoms with Crippen molar-refractivity contribution in [2.75, 3.05) is 13.1 Å². The summed E-state index contributed by atoms with van der Waals surface area (Å²) >= 11 is 0.936. The number of hydrogen-bond acceptors (Lipinski definition) is 4. The van der Waals surface area contributed by atoms with Crippen molar-refractivity contribution in [1.29, 1.82) is 0 Å². The average molecular weight is 332 g/mol. The molecule has 1 aliphatic rings. The Morgan fingerprint density at radius 2 is 1.96 bits per heavy atom. The van der Waals surface area contributed by atoms with Gasteiger partial charge in [0.25, 0.3) is 11.1 Å². The highest BCUT2D eigenvalue weighted by molar-refractivity contribution is 8.18. The lowest BCUT2D eigenvalue weighted by atomic mass is 10.1. The van der Waals surface area contributed by atoms with Crippen LogP contribution in [-0.2, 0) is 9.59 Å². The van der Waals surface area contributed by atoms with E-state index in [1.54, 1.807) is 6.08 Å². The second-order valence-corrected chi connectivity index (χ2v) is 6.34. The van der Waals surface area contributed by atoms with E-state index in [0.29, 0.717) is 11.3 Å². The molecule has 0 aliphatic carbocycles. The molecule has 0 unspecified atom stereocenters. The molecule has 1 aliphatic heterocycles. The predicted molar refractivity (Wildman–Crippen MR) is 91.8 cm³/mol. The van der Waals surface area contributed by atoms with Crippen LogP contribution in [0.1, 0.15) is 30.9 Å². The van der Waals surface area contributed by atoms with E-state index in [1.807, 2.05) is 38.1 Å². The molecule has 0 spiro atoms. The molecule has 1 heterocycles. The van der Waals surface area contributed by atoms with E-state index < -0.39 is 0 Å². The van der Waals surface area contributed by atoms with Gasteiger partial charge < -0.3 is 5.32 Å². The van der Waals surface area contributed by atoms with Crippen LogP contribution in [0.4, 0.5) is 4.79 Å². The summed E-state index contributed by atoms with van der Waals surface area (Å²) < 4.78 is 0. The number of imide groups is 1. The molecule has 6 heteroatoms. The van der Waals surface area contributed by atoms with E-state index in [0.717, 1.165) is 29.3 Å². The Morgan fingerprint density at radius 1 is 1.26 bits per heavy atom. The Bertz CT molecular complexity index is 638. The summed E-state index contributed by atoms with van der Waals surface area (Å²) in [5, 5.41) is 2.42. The number of thioether (sulfide) groups is 1. The third-order valence-corrected chi connectivity index (χ3v) is 4.29. The van der Waals surface area contributed by atoms with Crippen LogP contribution in [0.25, 0.3) is 6.08 Å². The number of carbonyl (C=O) groups is 3. The number of aryl methyl sites for hydroxylation is 1. The van der Waals surface area contributed by atoms with Gasteiger partial charge >= 0.3 is 0 Å². The number of hydrogen-bond donors (Lipinski definition) is 1. The molecule has 0 bridgehead atoms. The first kappa shape index (κ1) is 17.3. The highest BCUT2D eigenvalue weighted by atomic mass is 32.2. The van der Waals surface area contributed by atoms with Crippen LogP contribution in [0.2, 0.25) is 0 Å². The van der Waals surface area contributed by atoms with Gasteiger partial charge in [-0.3, -0.25) is 19.3 Å². The highest BCUT2D eigenvalue weighted by Crippen LogP contribution is 2.31. The van der Waals surface area contributed by atoms with E-state index in [4.69, 9.17) is 0 Å². The number of amides is 3. The number of benzene rings is 1. The molecule has 1 aromatic rings. The molecule has 1 aromatic carbocycles. The first-order chi connectivity index (χ1) is 11.0. The van der Waals surface area contributed by atoms with Crippen molar-refractivity contribution in [1.82, 2.24) is 10.2 Å². The van der Waals surface area contributed by atoms with Crippen LogP contribution in [0.3, 0.4) is 0 Å². The Morgan fingerprint density at radius 3 is 2.61 bits per heavy atom. The molecule has 1 fully saturated rings. The molecule has 0 atom stereocenters. The van der Waals surface area contributed by atoms with Gasteiger partial charge in [0.1, 0.15) is 0 Å². The molecule has 0 aromatic heterocycles. The van der Waals surface area contributed by atoms with E-state index >= 15 is 0 Å². The summed E-state index contributed by atoms with van der Waals surface area (Å²) in [6.45, 7) is 4.40. The Labute approximate surface area is 140 Å².